The normalized spacial score (nSPS) is 22.4. The fourth-order valence-corrected chi connectivity index (χ4v) is 3.65. The number of allylic oxidation sites excluding steroid dienone is 2. The van der Waals surface area contributed by atoms with Gasteiger partial charge < -0.3 is 4.98 Å². The van der Waals surface area contributed by atoms with Crippen LogP contribution in [0.4, 0.5) is 0 Å². The van der Waals surface area contributed by atoms with E-state index in [0.717, 1.165) is 41.8 Å². The van der Waals surface area contributed by atoms with E-state index in [1.165, 1.54) is 16.8 Å². The van der Waals surface area contributed by atoms with Gasteiger partial charge in [-0.2, -0.15) is 5.10 Å². The summed E-state index contributed by atoms with van der Waals surface area (Å²) in [6.45, 7) is 4.47. The summed E-state index contributed by atoms with van der Waals surface area (Å²) >= 11 is 0. The van der Waals surface area contributed by atoms with Gasteiger partial charge in [-0.15, -0.1) is 0 Å². The van der Waals surface area contributed by atoms with E-state index in [-0.39, 0.29) is 0 Å². The van der Waals surface area contributed by atoms with E-state index in [4.69, 9.17) is 4.98 Å². The van der Waals surface area contributed by atoms with Gasteiger partial charge >= 0.3 is 0 Å². The number of hydrogen-bond acceptors (Lipinski definition) is 2. The summed E-state index contributed by atoms with van der Waals surface area (Å²) in [5, 5.41) is 7.78. The van der Waals surface area contributed by atoms with Gasteiger partial charge in [0.05, 0.1) is 11.0 Å². The number of hydrogen-bond donors (Lipinski definition) is 2. The number of fused-ring (bicyclic) bond motifs is 3. The molecule has 1 aromatic carbocycles. The van der Waals surface area contributed by atoms with Crippen molar-refractivity contribution >= 4 is 11.0 Å². The maximum absolute atomic E-state index is 4.74. The fourth-order valence-electron chi connectivity index (χ4n) is 3.65. The van der Waals surface area contributed by atoms with Crippen LogP contribution in [0.1, 0.15) is 30.7 Å². The largest absolute Gasteiger partial charge is 0.337 e. The molecule has 2 heterocycles. The lowest BCUT2D eigenvalue weighted by Crippen LogP contribution is -2.13. The number of aryl methyl sites for hydroxylation is 1. The van der Waals surface area contributed by atoms with Crippen molar-refractivity contribution in [3.05, 3.63) is 46.7 Å². The predicted molar refractivity (Wildman–Crippen MR) is 86.7 cm³/mol. The standard InChI is InChI=1S/C18H18N4/c1-3-10-4-5-13-14(6-10)20-17(19-13)16-12-7-11-8-18(11,2)9-15(12)21-22-16/h4-6,8H,3,7,9H2,1-2H3,(H,19,20)(H,21,22)/t18-/m1/s1. The number of benzene rings is 1. The summed E-state index contributed by atoms with van der Waals surface area (Å²) in [6, 6.07) is 6.42. The summed E-state index contributed by atoms with van der Waals surface area (Å²) < 4.78 is 0. The summed E-state index contributed by atoms with van der Waals surface area (Å²) in [5.74, 6) is 0.880. The van der Waals surface area contributed by atoms with Gasteiger partial charge in [-0.1, -0.05) is 31.6 Å². The van der Waals surface area contributed by atoms with Gasteiger partial charge in [-0.3, -0.25) is 5.10 Å². The Kier molecular flexibility index (Phi) is 2.16. The highest BCUT2D eigenvalue weighted by Crippen LogP contribution is 2.52. The molecule has 2 aromatic heterocycles. The Hall–Kier alpha value is -2.36. The van der Waals surface area contributed by atoms with Gasteiger partial charge in [0.15, 0.2) is 5.82 Å². The minimum atomic E-state index is 0.320. The lowest BCUT2D eigenvalue weighted by molar-refractivity contribution is 0.570. The molecule has 2 aliphatic rings. The second-order valence-corrected chi connectivity index (χ2v) is 6.76. The average molecular weight is 290 g/mol. The number of H-pyrrole nitrogens is 2. The molecule has 22 heavy (non-hydrogen) atoms. The Morgan fingerprint density at radius 2 is 2.23 bits per heavy atom. The van der Waals surface area contributed by atoms with Gasteiger partial charge in [0, 0.05) is 23.1 Å². The van der Waals surface area contributed by atoms with Crippen LogP contribution < -0.4 is 0 Å². The van der Waals surface area contributed by atoms with Crippen LogP contribution in [0.3, 0.4) is 0 Å². The molecule has 4 heteroatoms. The van der Waals surface area contributed by atoms with E-state index < -0.39 is 0 Å². The Labute approximate surface area is 128 Å². The molecule has 0 aliphatic heterocycles. The number of imidazole rings is 1. The lowest BCUT2D eigenvalue weighted by atomic mass is 9.86. The van der Waals surface area contributed by atoms with E-state index >= 15 is 0 Å². The SMILES string of the molecule is CCc1ccc2nc(-c3n[nH]c4c3CC3=C[C@]3(C)C4)[nH]c2c1. The Morgan fingerprint density at radius 3 is 3.09 bits per heavy atom. The average Bonchev–Trinajstić information content (AvgIpc) is 2.86. The highest BCUT2D eigenvalue weighted by molar-refractivity contribution is 5.80. The van der Waals surface area contributed by atoms with Crippen LogP contribution in [0.15, 0.2) is 29.8 Å². The third kappa shape index (κ3) is 1.58. The smallest absolute Gasteiger partial charge is 0.159 e. The molecule has 0 spiro atoms. The first-order valence-electron chi connectivity index (χ1n) is 7.93. The molecule has 1 atom stereocenters. The predicted octanol–water partition coefficient (Wildman–Crippen LogP) is 3.56. The number of nitrogens with zero attached hydrogens (tertiary/aromatic N) is 2. The summed E-state index contributed by atoms with van der Waals surface area (Å²) in [6.07, 6.45) is 5.48. The monoisotopic (exact) mass is 290 g/mol. The van der Waals surface area contributed by atoms with Gasteiger partial charge in [0.25, 0.3) is 0 Å². The van der Waals surface area contributed by atoms with Gasteiger partial charge in [-0.05, 0) is 30.5 Å². The number of nitrogens with one attached hydrogen (secondary N) is 2. The molecule has 4 nitrogen and oxygen atoms in total. The van der Waals surface area contributed by atoms with Crippen molar-refractivity contribution in [2.24, 2.45) is 5.41 Å². The minimum Gasteiger partial charge on any atom is -0.337 e. The van der Waals surface area contributed by atoms with Crippen molar-refractivity contribution in [3.63, 3.8) is 0 Å². The summed E-state index contributed by atoms with van der Waals surface area (Å²) in [7, 11) is 0. The van der Waals surface area contributed by atoms with Gasteiger partial charge in [0.2, 0.25) is 0 Å². The van der Waals surface area contributed by atoms with Gasteiger partial charge in [0.1, 0.15) is 5.69 Å². The molecule has 0 saturated heterocycles. The molecule has 0 saturated carbocycles. The number of aromatic amines is 2. The first-order chi connectivity index (χ1) is 10.7. The molecule has 110 valence electrons. The molecule has 3 aromatic rings. The molecular formula is C18H18N4. The van der Waals surface area contributed by atoms with E-state index in [1.807, 2.05) is 0 Å². The van der Waals surface area contributed by atoms with Crippen LogP contribution in [0.25, 0.3) is 22.6 Å². The second-order valence-electron chi connectivity index (χ2n) is 6.76. The molecular weight excluding hydrogens is 272 g/mol. The zero-order valence-corrected chi connectivity index (χ0v) is 12.8. The van der Waals surface area contributed by atoms with Crippen molar-refractivity contribution in [3.8, 4) is 11.5 Å². The highest BCUT2D eigenvalue weighted by atomic mass is 15.1. The highest BCUT2D eigenvalue weighted by Gasteiger charge is 2.44. The van der Waals surface area contributed by atoms with Crippen molar-refractivity contribution in [2.45, 2.75) is 33.1 Å². The first-order valence-corrected chi connectivity index (χ1v) is 7.93. The zero-order chi connectivity index (χ0) is 14.9. The summed E-state index contributed by atoms with van der Waals surface area (Å²) in [4.78, 5) is 8.18. The van der Waals surface area contributed by atoms with Crippen molar-refractivity contribution in [2.75, 3.05) is 0 Å². The Bertz CT molecular complexity index is 943. The third-order valence-electron chi connectivity index (χ3n) is 5.19. The molecule has 2 N–H and O–H groups in total. The Balaban J connectivity index is 1.62. The van der Waals surface area contributed by atoms with Crippen LogP contribution in [-0.4, -0.2) is 20.2 Å². The molecule has 5 rings (SSSR count). The molecule has 0 fully saturated rings. The maximum atomic E-state index is 4.74. The third-order valence-corrected chi connectivity index (χ3v) is 5.19. The van der Waals surface area contributed by atoms with Crippen LogP contribution in [0.5, 0.6) is 0 Å². The number of rotatable bonds is 2. The van der Waals surface area contributed by atoms with Crippen LogP contribution >= 0.6 is 0 Å². The van der Waals surface area contributed by atoms with Crippen molar-refractivity contribution < 1.29 is 0 Å². The van der Waals surface area contributed by atoms with Crippen LogP contribution in [0, 0.1) is 5.41 Å². The van der Waals surface area contributed by atoms with E-state index in [1.54, 1.807) is 5.57 Å². The molecule has 0 bridgehead atoms. The van der Waals surface area contributed by atoms with E-state index in [2.05, 4.69) is 53.3 Å². The van der Waals surface area contributed by atoms with Gasteiger partial charge in [-0.25, -0.2) is 4.98 Å². The molecule has 0 unspecified atom stereocenters. The first kappa shape index (κ1) is 12.2. The molecule has 2 aliphatic carbocycles. The maximum Gasteiger partial charge on any atom is 0.159 e. The van der Waals surface area contributed by atoms with E-state index in [0.29, 0.717) is 5.41 Å². The minimum absolute atomic E-state index is 0.320. The molecule has 0 radical (unpaired) electrons. The topological polar surface area (TPSA) is 57.4 Å². The summed E-state index contributed by atoms with van der Waals surface area (Å²) in [5.41, 5.74) is 8.87. The second kappa shape index (κ2) is 3.88. The van der Waals surface area contributed by atoms with Crippen LogP contribution in [-0.2, 0) is 19.3 Å². The molecule has 0 amide bonds. The van der Waals surface area contributed by atoms with Crippen molar-refractivity contribution in [1.29, 1.82) is 0 Å². The van der Waals surface area contributed by atoms with Crippen molar-refractivity contribution in [1.82, 2.24) is 20.2 Å². The fraction of sp³-hybridized carbons (Fsp3) is 0.333. The quantitative estimate of drug-likeness (QED) is 0.709. The zero-order valence-electron chi connectivity index (χ0n) is 12.8. The Morgan fingerprint density at radius 1 is 1.32 bits per heavy atom. The van der Waals surface area contributed by atoms with Crippen LogP contribution in [0.2, 0.25) is 0 Å². The van der Waals surface area contributed by atoms with E-state index in [9.17, 15) is 0 Å². The number of aromatic nitrogens is 4. The lowest BCUT2D eigenvalue weighted by Gasteiger charge is -2.18.